The molecule has 1 aromatic carbocycles. The minimum Gasteiger partial charge on any atom is -0.480 e. The minimum absolute atomic E-state index is 0.0249. The van der Waals surface area contributed by atoms with Crippen molar-refractivity contribution in [2.24, 2.45) is 0 Å². The fourth-order valence-electron chi connectivity index (χ4n) is 1.53. The second kappa shape index (κ2) is 6.39. The van der Waals surface area contributed by atoms with Crippen LogP contribution in [0, 0.1) is 0 Å². The molecule has 21 heavy (non-hydrogen) atoms. The van der Waals surface area contributed by atoms with Gasteiger partial charge < -0.3 is 15.7 Å². The van der Waals surface area contributed by atoms with E-state index in [4.69, 9.17) is 5.11 Å². The lowest BCUT2D eigenvalue weighted by atomic mass is 10.0. The first kappa shape index (κ1) is 16.7. The van der Waals surface area contributed by atoms with Crippen molar-refractivity contribution in [3.05, 3.63) is 35.4 Å². The van der Waals surface area contributed by atoms with Gasteiger partial charge in [0.1, 0.15) is 5.54 Å². The van der Waals surface area contributed by atoms with Crippen LogP contribution in [0.4, 0.5) is 0 Å². The highest BCUT2D eigenvalue weighted by Crippen LogP contribution is 2.08. The first-order valence-corrected chi connectivity index (χ1v) is 6.60. The fraction of sp³-hybridized carbons (Fsp3) is 0.400. The summed E-state index contributed by atoms with van der Waals surface area (Å²) in [5.74, 6) is -1.84. The Labute approximate surface area is 123 Å². The summed E-state index contributed by atoms with van der Waals surface area (Å²) in [7, 11) is 0. The zero-order chi connectivity index (χ0) is 16.2. The third-order valence-electron chi connectivity index (χ3n) is 2.79. The van der Waals surface area contributed by atoms with Crippen molar-refractivity contribution in [3.63, 3.8) is 0 Å². The summed E-state index contributed by atoms with van der Waals surface area (Å²) >= 11 is 0. The lowest BCUT2D eigenvalue weighted by Gasteiger charge is -2.21. The zero-order valence-electron chi connectivity index (χ0n) is 12.6. The third kappa shape index (κ3) is 4.59. The molecule has 1 aromatic rings. The van der Waals surface area contributed by atoms with E-state index in [0.29, 0.717) is 11.1 Å². The topological polar surface area (TPSA) is 95.5 Å². The van der Waals surface area contributed by atoms with E-state index < -0.39 is 17.4 Å². The van der Waals surface area contributed by atoms with Gasteiger partial charge in [0.25, 0.3) is 11.8 Å². The highest BCUT2D eigenvalue weighted by Gasteiger charge is 2.29. The second-order valence-electron chi connectivity index (χ2n) is 5.59. The standard InChI is InChI=1S/C15H20N2O4/c1-9(2)16-12(18)10-5-7-11(8-6-10)13(19)17-15(3,4)14(20)21/h5-9H,1-4H3,(H,16,18)(H,17,19)(H,20,21). The number of aliphatic carboxylic acids is 1. The number of carboxylic acid groups (broad SMARTS) is 1. The second-order valence-corrected chi connectivity index (χ2v) is 5.59. The van der Waals surface area contributed by atoms with Crippen LogP contribution in [-0.4, -0.2) is 34.5 Å². The largest absolute Gasteiger partial charge is 0.480 e. The average Bonchev–Trinajstić information content (AvgIpc) is 2.37. The van der Waals surface area contributed by atoms with Gasteiger partial charge in [-0.15, -0.1) is 0 Å². The highest BCUT2D eigenvalue weighted by atomic mass is 16.4. The van der Waals surface area contributed by atoms with Crippen LogP contribution in [-0.2, 0) is 4.79 Å². The number of carbonyl (C=O) groups excluding carboxylic acids is 2. The van der Waals surface area contributed by atoms with Crippen LogP contribution in [0.25, 0.3) is 0 Å². The summed E-state index contributed by atoms with van der Waals surface area (Å²) in [5.41, 5.74) is -0.617. The highest BCUT2D eigenvalue weighted by molar-refractivity contribution is 5.99. The molecule has 0 unspecified atom stereocenters. The molecule has 0 aliphatic carbocycles. The first-order valence-electron chi connectivity index (χ1n) is 6.60. The molecule has 0 heterocycles. The molecule has 3 N–H and O–H groups in total. The number of hydrogen-bond acceptors (Lipinski definition) is 3. The van der Waals surface area contributed by atoms with Crippen molar-refractivity contribution in [3.8, 4) is 0 Å². The van der Waals surface area contributed by atoms with Crippen molar-refractivity contribution < 1.29 is 19.5 Å². The zero-order valence-corrected chi connectivity index (χ0v) is 12.6. The van der Waals surface area contributed by atoms with Gasteiger partial charge in [-0.05, 0) is 52.0 Å². The summed E-state index contributed by atoms with van der Waals surface area (Å²) in [6.07, 6.45) is 0. The summed E-state index contributed by atoms with van der Waals surface area (Å²) < 4.78 is 0. The van der Waals surface area contributed by atoms with Crippen LogP contribution in [0.15, 0.2) is 24.3 Å². The molecule has 2 amide bonds. The molecule has 0 fully saturated rings. The Balaban J connectivity index is 2.81. The smallest absolute Gasteiger partial charge is 0.328 e. The minimum atomic E-state index is -1.36. The third-order valence-corrected chi connectivity index (χ3v) is 2.79. The van der Waals surface area contributed by atoms with E-state index in [-0.39, 0.29) is 11.9 Å². The lowest BCUT2D eigenvalue weighted by molar-refractivity contribution is -0.143. The van der Waals surface area contributed by atoms with Crippen LogP contribution in [0.1, 0.15) is 48.4 Å². The van der Waals surface area contributed by atoms with Crippen molar-refractivity contribution in [2.75, 3.05) is 0 Å². The maximum atomic E-state index is 11.9. The molecule has 6 heteroatoms. The maximum absolute atomic E-state index is 11.9. The van der Waals surface area contributed by atoms with E-state index >= 15 is 0 Å². The summed E-state index contributed by atoms with van der Waals surface area (Å²) in [5, 5.41) is 14.1. The number of carboxylic acids is 1. The number of nitrogens with one attached hydrogen (secondary N) is 2. The fourth-order valence-corrected chi connectivity index (χ4v) is 1.53. The molecular weight excluding hydrogens is 272 g/mol. The summed E-state index contributed by atoms with van der Waals surface area (Å²) in [4.78, 5) is 34.7. The molecule has 0 aliphatic heterocycles. The number of rotatable bonds is 5. The molecule has 0 radical (unpaired) electrons. The molecule has 0 aromatic heterocycles. The van der Waals surface area contributed by atoms with Crippen molar-refractivity contribution in [1.29, 1.82) is 0 Å². The molecule has 0 saturated heterocycles. The Morgan fingerprint density at radius 1 is 1.00 bits per heavy atom. The molecule has 0 atom stereocenters. The molecule has 0 aliphatic rings. The van der Waals surface area contributed by atoms with Gasteiger partial charge in [0.15, 0.2) is 0 Å². The van der Waals surface area contributed by atoms with Gasteiger partial charge in [0.2, 0.25) is 0 Å². The predicted octanol–water partition coefficient (Wildman–Crippen LogP) is 1.42. The molecule has 0 saturated carbocycles. The van der Waals surface area contributed by atoms with Gasteiger partial charge in [-0.2, -0.15) is 0 Å². The molecular formula is C15H20N2O4. The van der Waals surface area contributed by atoms with Gasteiger partial charge in [0, 0.05) is 17.2 Å². The van der Waals surface area contributed by atoms with Gasteiger partial charge in [-0.25, -0.2) is 4.79 Å². The molecule has 0 bridgehead atoms. The van der Waals surface area contributed by atoms with E-state index in [1.807, 2.05) is 13.8 Å². The van der Waals surface area contributed by atoms with E-state index in [2.05, 4.69) is 10.6 Å². The van der Waals surface area contributed by atoms with Crippen LogP contribution >= 0.6 is 0 Å². The number of hydrogen-bond donors (Lipinski definition) is 3. The molecule has 114 valence electrons. The Hall–Kier alpha value is -2.37. The van der Waals surface area contributed by atoms with Crippen molar-refractivity contribution in [1.82, 2.24) is 10.6 Å². The monoisotopic (exact) mass is 292 g/mol. The van der Waals surface area contributed by atoms with Gasteiger partial charge in [-0.1, -0.05) is 0 Å². The SMILES string of the molecule is CC(C)NC(=O)c1ccc(C(=O)NC(C)(C)C(=O)O)cc1. The molecule has 0 spiro atoms. The first-order chi connectivity index (χ1) is 9.63. The van der Waals surface area contributed by atoms with Gasteiger partial charge in [-0.3, -0.25) is 9.59 Å². The summed E-state index contributed by atoms with van der Waals surface area (Å²) in [6, 6.07) is 6.06. The Kier molecular flexibility index (Phi) is 5.07. The van der Waals surface area contributed by atoms with Crippen LogP contribution < -0.4 is 10.6 Å². The molecule has 1 rings (SSSR count). The average molecular weight is 292 g/mol. The quantitative estimate of drug-likeness (QED) is 0.764. The summed E-state index contributed by atoms with van der Waals surface area (Å²) in [6.45, 7) is 6.51. The predicted molar refractivity (Wildman–Crippen MR) is 78.2 cm³/mol. The Morgan fingerprint density at radius 3 is 1.81 bits per heavy atom. The van der Waals surface area contributed by atoms with Crippen LogP contribution in [0.3, 0.4) is 0 Å². The van der Waals surface area contributed by atoms with E-state index in [1.165, 1.54) is 38.1 Å². The Morgan fingerprint density at radius 2 is 1.43 bits per heavy atom. The van der Waals surface area contributed by atoms with Crippen molar-refractivity contribution in [2.45, 2.75) is 39.3 Å². The van der Waals surface area contributed by atoms with Gasteiger partial charge in [0.05, 0.1) is 0 Å². The van der Waals surface area contributed by atoms with Crippen LogP contribution in [0.2, 0.25) is 0 Å². The van der Waals surface area contributed by atoms with E-state index in [9.17, 15) is 14.4 Å². The van der Waals surface area contributed by atoms with E-state index in [1.54, 1.807) is 0 Å². The number of carbonyl (C=O) groups is 3. The number of benzene rings is 1. The van der Waals surface area contributed by atoms with Gasteiger partial charge >= 0.3 is 5.97 Å². The maximum Gasteiger partial charge on any atom is 0.328 e. The Bertz CT molecular complexity index is 547. The molecule has 6 nitrogen and oxygen atoms in total. The van der Waals surface area contributed by atoms with Crippen LogP contribution in [0.5, 0.6) is 0 Å². The normalized spacial score (nSPS) is 11.1. The lowest BCUT2D eigenvalue weighted by Crippen LogP contribution is -2.49. The number of amides is 2. The van der Waals surface area contributed by atoms with E-state index in [0.717, 1.165) is 0 Å². The van der Waals surface area contributed by atoms with Crippen molar-refractivity contribution >= 4 is 17.8 Å².